The van der Waals surface area contributed by atoms with Gasteiger partial charge in [-0.1, -0.05) is 29.3 Å². The van der Waals surface area contributed by atoms with Crippen molar-refractivity contribution in [2.75, 3.05) is 24.5 Å². The van der Waals surface area contributed by atoms with Gasteiger partial charge in [-0.05, 0) is 66.8 Å². The second kappa shape index (κ2) is 5.66. The van der Waals surface area contributed by atoms with Crippen LogP contribution in [0.2, 0.25) is 10.0 Å². The molecule has 0 aliphatic carbocycles. The zero-order valence-electron chi connectivity index (χ0n) is 13.5. The molecule has 3 aliphatic rings. The van der Waals surface area contributed by atoms with E-state index >= 15 is 0 Å². The standard InChI is InChI=1S/C20H20Cl2N2/c21-16-4-1-5-17(22)19(16)13-9-12-3-2-8-24-18-6-7-23-11-15(18)14(10-13)20(12)24/h1,4-5,9-10,15,18,23H,2-3,6-8,11H2/t15-,18-/m1/s1. The van der Waals surface area contributed by atoms with Crippen molar-refractivity contribution in [3.05, 3.63) is 51.5 Å². The summed E-state index contributed by atoms with van der Waals surface area (Å²) in [5.41, 5.74) is 6.62. The van der Waals surface area contributed by atoms with Crippen molar-refractivity contribution in [1.82, 2.24) is 5.32 Å². The molecular formula is C20H20Cl2N2. The van der Waals surface area contributed by atoms with Crippen LogP contribution in [0, 0.1) is 0 Å². The fraction of sp³-hybridized carbons (Fsp3) is 0.400. The lowest BCUT2D eigenvalue weighted by molar-refractivity contribution is 0.400. The van der Waals surface area contributed by atoms with Crippen molar-refractivity contribution >= 4 is 28.9 Å². The van der Waals surface area contributed by atoms with Crippen LogP contribution in [-0.4, -0.2) is 25.7 Å². The second-order valence-electron chi connectivity index (χ2n) is 7.13. The fourth-order valence-electron chi connectivity index (χ4n) is 4.88. The molecule has 124 valence electrons. The van der Waals surface area contributed by atoms with Gasteiger partial charge in [0.2, 0.25) is 0 Å². The highest BCUT2D eigenvalue weighted by Gasteiger charge is 2.42. The Morgan fingerprint density at radius 2 is 1.96 bits per heavy atom. The van der Waals surface area contributed by atoms with Crippen LogP contribution in [0.4, 0.5) is 5.69 Å². The minimum Gasteiger partial charge on any atom is -0.367 e. The highest BCUT2D eigenvalue weighted by Crippen LogP contribution is 2.50. The van der Waals surface area contributed by atoms with Gasteiger partial charge >= 0.3 is 0 Å². The van der Waals surface area contributed by atoms with Gasteiger partial charge in [-0.15, -0.1) is 0 Å². The average Bonchev–Trinajstić information content (AvgIpc) is 2.91. The highest BCUT2D eigenvalue weighted by atomic mass is 35.5. The maximum Gasteiger partial charge on any atom is 0.0499 e. The van der Waals surface area contributed by atoms with Crippen molar-refractivity contribution in [2.24, 2.45) is 0 Å². The van der Waals surface area contributed by atoms with Crippen LogP contribution >= 0.6 is 23.2 Å². The molecule has 0 amide bonds. The van der Waals surface area contributed by atoms with E-state index in [-0.39, 0.29) is 0 Å². The molecule has 1 saturated heterocycles. The van der Waals surface area contributed by atoms with Gasteiger partial charge < -0.3 is 10.2 Å². The average molecular weight is 359 g/mol. The number of piperidine rings is 1. The molecule has 0 unspecified atom stereocenters. The van der Waals surface area contributed by atoms with Gasteiger partial charge in [0.15, 0.2) is 0 Å². The Morgan fingerprint density at radius 1 is 1.12 bits per heavy atom. The maximum absolute atomic E-state index is 6.48. The SMILES string of the molecule is Clc1cccc(Cl)c1-c1cc2c3c(c1)[C@H]1CNCC[C@H]1N3CCC2. The summed E-state index contributed by atoms with van der Waals surface area (Å²) >= 11 is 13.0. The van der Waals surface area contributed by atoms with Crippen LogP contribution in [0.1, 0.15) is 29.9 Å². The molecule has 1 fully saturated rings. The Kier molecular flexibility index (Phi) is 3.55. The summed E-state index contributed by atoms with van der Waals surface area (Å²) in [5.74, 6) is 0.590. The highest BCUT2D eigenvalue weighted by molar-refractivity contribution is 6.39. The van der Waals surface area contributed by atoms with Crippen LogP contribution in [0.5, 0.6) is 0 Å². The van der Waals surface area contributed by atoms with E-state index in [1.165, 1.54) is 41.8 Å². The van der Waals surface area contributed by atoms with E-state index in [0.29, 0.717) is 12.0 Å². The monoisotopic (exact) mass is 358 g/mol. The molecule has 0 spiro atoms. The number of anilines is 1. The molecule has 5 rings (SSSR count). The summed E-state index contributed by atoms with van der Waals surface area (Å²) < 4.78 is 0. The molecule has 24 heavy (non-hydrogen) atoms. The van der Waals surface area contributed by atoms with Crippen molar-refractivity contribution in [1.29, 1.82) is 0 Å². The predicted octanol–water partition coefficient (Wildman–Crippen LogP) is 4.87. The Hall–Kier alpha value is -1.22. The Balaban J connectivity index is 1.72. The molecule has 0 aromatic heterocycles. The van der Waals surface area contributed by atoms with E-state index in [1.54, 1.807) is 0 Å². The Labute approximate surface area is 152 Å². The molecule has 2 atom stereocenters. The van der Waals surface area contributed by atoms with Crippen molar-refractivity contribution in [3.63, 3.8) is 0 Å². The number of nitrogens with zero attached hydrogens (tertiary/aromatic N) is 1. The van der Waals surface area contributed by atoms with Gasteiger partial charge in [0.1, 0.15) is 0 Å². The van der Waals surface area contributed by atoms with Gasteiger partial charge in [0.05, 0.1) is 0 Å². The second-order valence-corrected chi connectivity index (χ2v) is 7.95. The summed E-state index contributed by atoms with van der Waals surface area (Å²) in [6.45, 7) is 3.41. The lowest BCUT2D eigenvalue weighted by Crippen LogP contribution is -2.45. The Morgan fingerprint density at radius 3 is 2.79 bits per heavy atom. The number of fused-ring (bicyclic) bond motifs is 3. The topological polar surface area (TPSA) is 15.3 Å². The summed E-state index contributed by atoms with van der Waals surface area (Å²) in [4.78, 5) is 2.68. The van der Waals surface area contributed by atoms with Gasteiger partial charge in [0.25, 0.3) is 0 Å². The van der Waals surface area contributed by atoms with Crippen LogP contribution in [0.3, 0.4) is 0 Å². The maximum atomic E-state index is 6.48. The molecule has 0 bridgehead atoms. The summed E-state index contributed by atoms with van der Waals surface area (Å²) in [7, 11) is 0. The molecule has 3 heterocycles. The molecule has 2 nitrogen and oxygen atoms in total. The molecule has 2 aromatic rings. The van der Waals surface area contributed by atoms with Crippen LogP contribution in [0.25, 0.3) is 11.1 Å². The number of rotatable bonds is 1. The minimum absolute atomic E-state index is 0.590. The van der Waals surface area contributed by atoms with E-state index in [9.17, 15) is 0 Å². The molecule has 4 heteroatoms. The van der Waals surface area contributed by atoms with Gasteiger partial charge in [-0.25, -0.2) is 0 Å². The smallest absolute Gasteiger partial charge is 0.0499 e. The van der Waals surface area contributed by atoms with E-state index in [2.05, 4.69) is 22.3 Å². The van der Waals surface area contributed by atoms with E-state index in [1.807, 2.05) is 18.2 Å². The van der Waals surface area contributed by atoms with Crippen molar-refractivity contribution < 1.29 is 0 Å². The molecule has 3 aliphatic heterocycles. The molecule has 0 saturated carbocycles. The predicted molar refractivity (Wildman–Crippen MR) is 102 cm³/mol. The third-order valence-electron chi connectivity index (χ3n) is 5.85. The third-order valence-corrected chi connectivity index (χ3v) is 6.48. The summed E-state index contributed by atoms with van der Waals surface area (Å²) in [5, 5.41) is 5.05. The van der Waals surface area contributed by atoms with E-state index in [0.717, 1.165) is 35.1 Å². The van der Waals surface area contributed by atoms with E-state index < -0.39 is 0 Å². The van der Waals surface area contributed by atoms with Gasteiger partial charge in [-0.2, -0.15) is 0 Å². The molecule has 1 N–H and O–H groups in total. The minimum atomic E-state index is 0.590. The van der Waals surface area contributed by atoms with Gasteiger partial charge in [-0.3, -0.25) is 0 Å². The fourth-order valence-corrected chi connectivity index (χ4v) is 5.49. The number of hydrogen-bond donors (Lipinski definition) is 1. The first-order valence-corrected chi connectivity index (χ1v) is 9.58. The van der Waals surface area contributed by atoms with Crippen LogP contribution < -0.4 is 10.2 Å². The van der Waals surface area contributed by atoms with E-state index in [4.69, 9.17) is 23.2 Å². The molecule has 0 radical (unpaired) electrons. The first-order chi connectivity index (χ1) is 11.7. The molecular weight excluding hydrogens is 339 g/mol. The van der Waals surface area contributed by atoms with Gasteiger partial charge in [0, 0.05) is 46.3 Å². The first-order valence-electron chi connectivity index (χ1n) is 8.82. The normalized spacial score (nSPS) is 24.7. The third kappa shape index (κ3) is 2.13. The summed E-state index contributed by atoms with van der Waals surface area (Å²) in [6.07, 6.45) is 3.63. The lowest BCUT2D eigenvalue weighted by Gasteiger charge is -2.36. The quantitative estimate of drug-likeness (QED) is 0.781. The Bertz CT molecular complexity index is 797. The van der Waals surface area contributed by atoms with Crippen LogP contribution in [0.15, 0.2) is 30.3 Å². The zero-order chi connectivity index (χ0) is 16.3. The number of halogens is 2. The number of nitrogens with one attached hydrogen (secondary N) is 1. The van der Waals surface area contributed by atoms with Crippen molar-refractivity contribution in [3.8, 4) is 11.1 Å². The number of hydrogen-bond acceptors (Lipinski definition) is 2. The van der Waals surface area contributed by atoms with Crippen molar-refractivity contribution in [2.45, 2.75) is 31.2 Å². The molecule has 2 aromatic carbocycles. The number of benzene rings is 2. The first kappa shape index (κ1) is 15.1. The lowest BCUT2D eigenvalue weighted by atomic mass is 9.87. The van der Waals surface area contributed by atoms with Crippen LogP contribution in [-0.2, 0) is 6.42 Å². The zero-order valence-corrected chi connectivity index (χ0v) is 15.0. The largest absolute Gasteiger partial charge is 0.367 e. The summed E-state index contributed by atoms with van der Waals surface area (Å²) in [6, 6.07) is 11.1. The number of aryl methyl sites for hydroxylation is 1.